The molecule has 194 valence electrons. The van der Waals surface area contributed by atoms with E-state index in [2.05, 4.69) is 4.74 Å². The smallest absolute Gasteiger partial charge is 0.489 e. The largest absolute Gasteiger partial charge is 0.501 e. The van der Waals surface area contributed by atoms with Gasteiger partial charge in [0.15, 0.2) is 0 Å². The lowest BCUT2D eigenvalue weighted by atomic mass is 9.72. The van der Waals surface area contributed by atoms with Gasteiger partial charge in [-0.15, -0.1) is 4.74 Å². The monoisotopic (exact) mass is 514 g/mol. The molecule has 0 saturated carbocycles. The molecule has 2 N–H and O–H groups in total. The lowest BCUT2D eigenvalue weighted by Gasteiger charge is -2.34. The predicted molar refractivity (Wildman–Crippen MR) is 127 cm³/mol. The molecule has 2 aromatic carbocycles. The Hall–Kier alpha value is -4.41. The Balaban J connectivity index is 1.40. The van der Waals surface area contributed by atoms with E-state index in [1.165, 1.54) is 12.2 Å². The Bertz CT molecular complexity index is 1460. The highest BCUT2D eigenvalue weighted by atomic mass is 19.3. The van der Waals surface area contributed by atoms with Crippen molar-refractivity contribution in [3.8, 4) is 5.75 Å². The van der Waals surface area contributed by atoms with Crippen LogP contribution < -0.4 is 16.2 Å². The highest BCUT2D eigenvalue weighted by molar-refractivity contribution is 5.73. The average Bonchev–Trinajstić information content (AvgIpc) is 3.14. The maximum Gasteiger partial charge on any atom is 0.501 e. The van der Waals surface area contributed by atoms with Gasteiger partial charge in [-0.2, -0.15) is 8.78 Å². The van der Waals surface area contributed by atoms with Crippen LogP contribution in [0.5, 0.6) is 5.75 Å². The van der Waals surface area contributed by atoms with Crippen molar-refractivity contribution in [2.75, 3.05) is 0 Å². The van der Waals surface area contributed by atoms with E-state index in [4.69, 9.17) is 14.4 Å². The van der Waals surface area contributed by atoms with Crippen LogP contribution in [0.15, 0.2) is 86.6 Å². The number of H-pyrrole nitrogens is 1. The van der Waals surface area contributed by atoms with Crippen molar-refractivity contribution in [3.63, 3.8) is 0 Å². The Morgan fingerprint density at radius 3 is 2.51 bits per heavy atom. The van der Waals surface area contributed by atoms with Crippen LogP contribution in [0.25, 0.3) is 0 Å². The fourth-order valence-corrected chi connectivity index (χ4v) is 4.06. The minimum Gasteiger partial charge on any atom is -0.489 e. The molecule has 1 aliphatic rings. The minimum absolute atomic E-state index is 0.0970. The first-order valence-corrected chi connectivity index (χ1v) is 11.3. The Kier molecular flexibility index (Phi) is 6.88. The third-order valence-electron chi connectivity index (χ3n) is 5.86. The van der Waals surface area contributed by atoms with E-state index in [1.54, 1.807) is 30.3 Å². The zero-order valence-electron chi connectivity index (χ0n) is 19.9. The molecular formula is C26H24F2N2O7. The topological polar surface area (TPSA) is 124 Å². The molecule has 4 rings (SSSR count). The summed E-state index contributed by atoms with van der Waals surface area (Å²) >= 11 is 0. The molecule has 11 heteroatoms. The number of aromatic nitrogens is 2. The number of aliphatic carboxylic acids is 1. The molecule has 0 bridgehead atoms. The average molecular weight is 514 g/mol. The van der Waals surface area contributed by atoms with Crippen LogP contribution in [-0.2, 0) is 22.7 Å². The molecule has 0 radical (unpaired) electrons. The molecule has 0 saturated heterocycles. The second-order valence-corrected chi connectivity index (χ2v) is 9.15. The van der Waals surface area contributed by atoms with Crippen molar-refractivity contribution < 1.29 is 32.7 Å². The number of nitrogens with zero attached hydrogens (tertiary/aromatic N) is 1. The highest BCUT2D eigenvalue weighted by Crippen LogP contribution is 2.43. The van der Waals surface area contributed by atoms with Crippen LogP contribution in [-0.4, -0.2) is 26.9 Å². The number of carboxylic acids is 1. The van der Waals surface area contributed by atoms with E-state index in [-0.39, 0.29) is 24.8 Å². The van der Waals surface area contributed by atoms with Gasteiger partial charge in [0.05, 0.1) is 6.54 Å². The lowest BCUT2D eigenvalue weighted by Crippen LogP contribution is -2.32. The van der Waals surface area contributed by atoms with Gasteiger partial charge in [0.25, 0.3) is 0 Å². The van der Waals surface area contributed by atoms with E-state index < -0.39 is 28.9 Å². The predicted octanol–water partition coefficient (Wildman–Crippen LogP) is 4.01. The number of ether oxygens (including phenoxy) is 2. The number of carbonyl (C=O) groups is 1. The van der Waals surface area contributed by atoms with Gasteiger partial charge in [-0.05, 0) is 46.4 Å². The summed E-state index contributed by atoms with van der Waals surface area (Å²) in [5.41, 5.74) is 1.29. The first kappa shape index (κ1) is 25.7. The van der Waals surface area contributed by atoms with Gasteiger partial charge in [-0.3, -0.25) is 0 Å². The van der Waals surface area contributed by atoms with Crippen molar-refractivity contribution >= 4 is 5.97 Å². The molecule has 1 aliphatic carbocycles. The number of halogens is 2. The van der Waals surface area contributed by atoms with E-state index in [9.17, 15) is 23.2 Å². The molecule has 0 aliphatic heterocycles. The number of aromatic amines is 1. The zero-order chi connectivity index (χ0) is 26.8. The second kappa shape index (κ2) is 9.92. The number of hydrogen-bond acceptors (Lipinski definition) is 6. The van der Waals surface area contributed by atoms with Crippen LogP contribution >= 0.6 is 0 Å². The molecule has 3 aromatic rings. The summed E-state index contributed by atoms with van der Waals surface area (Å²) in [4.78, 5) is 35.4. The van der Waals surface area contributed by atoms with Gasteiger partial charge in [-0.1, -0.05) is 56.3 Å². The van der Waals surface area contributed by atoms with Gasteiger partial charge < -0.3 is 19.1 Å². The second-order valence-electron chi connectivity index (χ2n) is 9.15. The van der Waals surface area contributed by atoms with E-state index in [1.807, 2.05) is 43.1 Å². The summed E-state index contributed by atoms with van der Waals surface area (Å²) in [5, 5.41) is 8.61. The van der Waals surface area contributed by atoms with Crippen LogP contribution in [0.1, 0.15) is 36.5 Å². The maximum absolute atomic E-state index is 13.5. The minimum atomic E-state index is -4.32. The van der Waals surface area contributed by atoms with Gasteiger partial charge in [0.2, 0.25) is 0 Å². The number of carboxylic acid groups (broad SMARTS) is 1. The van der Waals surface area contributed by atoms with Crippen molar-refractivity contribution in [1.29, 1.82) is 0 Å². The van der Waals surface area contributed by atoms with E-state index >= 15 is 0 Å². The molecule has 1 heterocycles. The number of allylic oxidation sites excluding steroid dienone is 3. The summed E-state index contributed by atoms with van der Waals surface area (Å²) in [6.45, 7) is 4.06. The van der Waals surface area contributed by atoms with Crippen LogP contribution in [0, 0.1) is 5.41 Å². The number of benzene rings is 2. The first-order chi connectivity index (χ1) is 17.4. The van der Waals surface area contributed by atoms with Gasteiger partial charge >= 0.3 is 23.5 Å². The molecule has 0 spiro atoms. The quantitative estimate of drug-likeness (QED) is 0.442. The molecule has 9 nitrogen and oxygen atoms in total. The highest BCUT2D eigenvalue weighted by Gasteiger charge is 2.43. The SMILES string of the molecule is CC1(C)C=C(OC(F)(F)C(=O)O)C=CC1c1cccc(COc2ccc(Cn3oc(=O)[nH]c3=O)cc2)c1. The standard InChI is InChI=1S/C26H24F2N2O7/c1-25(2)13-20(36-26(27,28)22(31)32)10-11-21(25)18-5-3-4-17(12-18)15-35-19-8-6-16(7-9-19)14-30-23(33)29-24(34)37-30/h3-13,21H,14-15H2,1-2H3,(H,31,32)(H,29,33,34). The fourth-order valence-electron chi connectivity index (χ4n) is 4.06. The third-order valence-corrected chi connectivity index (χ3v) is 5.86. The summed E-state index contributed by atoms with van der Waals surface area (Å²) in [6, 6.07) is 14.6. The normalized spacial score (nSPS) is 16.8. The summed E-state index contributed by atoms with van der Waals surface area (Å²) in [7, 11) is 0. The molecule has 0 fully saturated rings. The van der Waals surface area contributed by atoms with Crippen LogP contribution in [0.4, 0.5) is 8.78 Å². The van der Waals surface area contributed by atoms with Crippen molar-refractivity contribution in [2.24, 2.45) is 5.41 Å². The van der Waals surface area contributed by atoms with Gasteiger partial charge in [0, 0.05) is 5.92 Å². The van der Waals surface area contributed by atoms with E-state index in [0.29, 0.717) is 5.75 Å². The third kappa shape index (κ3) is 6.05. The molecule has 37 heavy (non-hydrogen) atoms. The summed E-state index contributed by atoms with van der Waals surface area (Å²) in [5.74, 6) is -2.95. The first-order valence-electron chi connectivity index (χ1n) is 11.3. The van der Waals surface area contributed by atoms with Gasteiger partial charge in [-0.25, -0.2) is 19.4 Å². The van der Waals surface area contributed by atoms with Crippen molar-refractivity contribution in [1.82, 2.24) is 9.72 Å². The van der Waals surface area contributed by atoms with Gasteiger partial charge in [0.1, 0.15) is 18.1 Å². The van der Waals surface area contributed by atoms with Crippen molar-refractivity contribution in [3.05, 3.63) is 110 Å². The molecule has 1 aromatic heterocycles. The lowest BCUT2D eigenvalue weighted by molar-refractivity contribution is -0.229. The maximum atomic E-state index is 13.5. The Labute approximate surface area is 209 Å². The fraction of sp³-hybridized carbons (Fsp3) is 0.269. The van der Waals surface area contributed by atoms with Crippen molar-refractivity contribution in [2.45, 2.75) is 39.0 Å². The molecule has 1 atom stereocenters. The number of alkyl halides is 2. The molecule has 1 unspecified atom stereocenters. The van der Waals surface area contributed by atoms with E-state index in [0.717, 1.165) is 21.4 Å². The zero-order valence-corrected chi connectivity index (χ0v) is 19.9. The number of nitrogens with one attached hydrogen (secondary N) is 1. The van der Waals surface area contributed by atoms with Crippen LogP contribution in [0.3, 0.4) is 0 Å². The van der Waals surface area contributed by atoms with Crippen LogP contribution in [0.2, 0.25) is 0 Å². The summed E-state index contributed by atoms with van der Waals surface area (Å²) in [6.07, 6.45) is 0.240. The Morgan fingerprint density at radius 2 is 1.89 bits per heavy atom. The molecule has 0 amide bonds. The molecular weight excluding hydrogens is 490 g/mol. The summed E-state index contributed by atoms with van der Waals surface area (Å²) < 4.78 is 42.9. The Morgan fingerprint density at radius 1 is 1.16 bits per heavy atom. The number of rotatable bonds is 9. The number of hydrogen-bond donors (Lipinski definition) is 2.